The van der Waals surface area contributed by atoms with Gasteiger partial charge in [-0.3, -0.25) is 0 Å². The molecule has 276 valence electrons. The van der Waals surface area contributed by atoms with Gasteiger partial charge in [0.1, 0.15) is 0 Å². The summed E-state index contributed by atoms with van der Waals surface area (Å²) in [4.78, 5) is 16.6. The number of hydrogen-bond acceptors (Lipinski definition) is 5. The SMILES string of the molecule is c1cc(-c2nc(-c3cccc4c3sc3ccccc34)nc(-c3cccc4c3sc3ccccc34)n2)c2c(c1)C1(c3ccc4ccccc4c3-2)C2CC3CC(C2)CC1C3. The van der Waals surface area contributed by atoms with Crippen molar-refractivity contribution >= 4 is 73.8 Å². The fourth-order valence-electron chi connectivity index (χ4n) is 12.8. The third kappa shape index (κ3) is 4.21. The van der Waals surface area contributed by atoms with Crippen molar-refractivity contribution in [2.45, 2.75) is 37.5 Å². The lowest BCUT2D eigenvalue weighted by molar-refractivity contribution is -0.0399. The van der Waals surface area contributed by atoms with Crippen molar-refractivity contribution < 1.29 is 0 Å². The number of thiophene rings is 2. The van der Waals surface area contributed by atoms with Gasteiger partial charge in [-0.2, -0.15) is 0 Å². The molecule has 5 heteroatoms. The lowest BCUT2D eigenvalue weighted by Gasteiger charge is -2.61. The average molecular weight is 780 g/mol. The van der Waals surface area contributed by atoms with E-state index in [-0.39, 0.29) is 5.41 Å². The number of hydrogen-bond donors (Lipinski definition) is 0. The summed E-state index contributed by atoms with van der Waals surface area (Å²) >= 11 is 3.67. The van der Waals surface area contributed by atoms with Crippen molar-refractivity contribution in [3.8, 4) is 45.3 Å². The second kappa shape index (κ2) is 11.7. The van der Waals surface area contributed by atoms with E-state index >= 15 is 0 Å². The highest BCUT2D eigenvalue weighted by molar-refractivity contribution is 7.26. The molecule has 15 rings (SSSR count). The van der Waals surface area contributed by atoms with Gasteiger partial charge in [-0.15, -0.1) is 22.7 Å². The average Bonchev–Trinajstić information content (AvgIpc) is 3.94. The summed E-state index contributed by atoms with van der Waals surface area (Å²) in [6, 6.07) is 51.8. The largest absolute Gasteiger partial charge is 0.208 e. The normalized spacial score (nSPS) is 22.9. The fourth-order valence-corrected chi connectivity index (χ4v) is 15.2. The summed E-state index contributed by atoms with van der Waals surface area (Å²) in [7, 11) is 0. The van der Waals surface area contributed by atoms with Crippen LogP contribution in [0.25, 0.3) is 96.4 Å². The molecule has 1 spiro atoms. The number of rotatable bonds is 3. The Balaban J connectivity index is 1.08. The lowest BCUT2D eigenvalue weighted by atomic mass is 9.43. The van der Waals surface area contributed by atoms with Gasteiger partial charge >= 0.3 is 0 Å². The monoisotopic (exact) mass is 779 g/mol. The molecular formula is C53H37N3S2. The predicted molar refractivity (Wildman–Crippen MR) is 243 cm³/mol. The highest BCUT2D eigenvalue weighted by Gasteiger charge is 2.62. The Bertz CT molecular complexity index is 3230. The van der Waals surface area contributed by atoms with Crippen LogP contribution in [-0.2, 0) is 5.41 Å². The lowest BCUT2D eigenvalue weighted by Crippen LogP contribution is -2.55. The van der Waals surface area contributed by atoms with E-state index in [1.165, 1.54) is 99.9 Å². The van der Waals surface area contributed by atoms with Gasteiger partial charge in [0, 0.05) is 62.4 Å². The van der Waals surface area contributed by atoms with Crippen molar-refractivity contribution in [3.05, 3.63) is 151 Å². The smallest absolute Gasteiger partial charge is 0.165 e. The molecule has 0 N–H and O–H groups in total. The Hall–Kier alpha value is -5.75. The summed E-state index contributed by atoms with van der Waals surface area (Å²) in [6.07, 6.45) is 6.83. The molecule has 5 aliphatic carbocycles. The van der Waals surface area contributed by atoms with Gasteiger partial charge in [0.15, 0.2) is 17.5 Å². The summed E-state index contributed by atoms with van der Waals surface area (Å²) in [5.74, 6) is 5.31. The Morgan fingerprint density at radius 2 is 0.879 bits per heavy atom. The molecule has 0 aliphatic heterocycles. The van der Waals surface area contributed by atoms with Gasteiger partial charge in [-0.25, -0.2) is 15.0 Å². The summed E-state index contributed by atoms with van der Waals surface area (Å²) in [6.45, 7) is 0. The van der Waals surface area contributed by atoms with Gasteiger partial charge in [-0.1, -0.05) is 115 Å². The van der Waals surface area contributed by atoms with E-state index in [1.54, 1.807) is 5.56 Å². The van der Waals surface area contributed by atoms with E-state index in [9.17, 15) is 0 Å². The Morgan fingerprint density at radius 1 is 0.397 bits per heavy atom. The van der Waals surface area contributed by atoms with E-state index < -0.39 is 0 Å². The van der Waals surface area contributed by atoms with Crippen LogP contribution in [0, 0.1) is 23.7 Å². The number of nitrogens with zero attached hydrogens (tertiary/aromatic N) is 3. The van der Waals surface area contributed by atoms with E-state index in [0.717, 1.165) is 46.0 Å². The second-order valence-corrected chi connectivity index (χ2v) is 19.6. The summed E-state index contributed by atoms with van der Waals surface area (Å²) < 4.78 is 4.99. The molecule has 4 saturated carbocycles. The Labute approximate surface area is 344 Å². The van der Waals surface area contributed by atoms with E-state index in [4.69, 9.17) is 15.0 Å². The highest BCUT2D eigenvalue weighted by atomic mass is 32.1. The predicted octanol–water partition coefficient (Wildman–Crippen LogP) is 14.5. The van der Waals surface area contributed by atoms with Crippen LogP contribution in [0.2, 0.25) is 0 Å². The second-order valence-electron chi connectivity index (χ2n) is 17.5. The minimum absolute atomic E-state index is 0.0299. The van der Waals surface area contributed by atoms with Crippen LogP contribution in [-0.4, -0.2) is 15.0 Å². The summed E-state index contributed by atoms with van der Waals surface area (Å²) in [5, 5.41) is 7.70. The molecule has 0 radical (unpaired) electrons. The first-order valence-corrected chi connectivity index (χ1v) is 22.6. The molecule has 0 atom stereocenters. The van der Waals surface area contributed by atoms with Crippen molar-refractivity contribution in [1.82, 2.24) is 15.0 Å². The van der Waals surface area contributed by atoms with Crippen molar-refractivity contribution in [1.29, 1.82) is 0 Å². The van der Waals surface area contributed by atoms with E-state index in [0.29, 0.717) is 11.8 Å². The van der Waals surface area contributed by atoms with Crippen LogP contribution >= 0.6 is 22.7 Å². The molecule has 4 fully saturated rings. The molecule has 0 saturated heterocycles. The number of fused-ring (bicyclic) bond motifs is 11. The molecule has 3 nitrogen and oxygen atoms in total. The number of benzene rings is 7. The maximum atomic E-state index is 5.59. The van der Waals surface area contributed by atoms with Crippen LogP contribution in [0.1, 0.15) is 43.2 Å². The fraction of sp³-hybridized carbons (Fsp3) is 0.189. The Morgan fingerprint density at radius 3 is 1.50 bits per heavy atom. The number of aromatic nitrogens is 3. The van der Waals surface area contributed by atoms with Crippen LogP contribution < -0.4 is 0 Å². The molecule has 3 aromatic heterocycles. The molecule has 7 aromatic carbocycles. The van der Waals surface area contributed by atoms with Crippen LogP contribution in [0.4, 0.5) is 0 Å². The van der Waals surface area contributed by atoms with Crippen molar-refractivity contribution in [2.75, 3.05) is 0 Å². The quantitative estimate of drug-likeness (QED) is 0.179. The van der Waals surface area contributed by atoms with Gasteiger partial charge in [0.05, 0.1) is 0 Å². The van der Waals surface area contributed by atoms with Crippen molar-refractivity contribution in [3.63, 3.8) is 0 Å². The first kappa shape index (κ1) is 32.2. The van der Waals surface area contributed by atoms with Gasteiger partial charge < -0.3 is 0 Å². The van der Waals surface area contributed by atoms with Gasteiger partial charge in [-0.05, 0) is 113 Å². The minimum atomic E-state index is 0.0299. The Kier molecular flexibility index (Phi) is 6.49. The zero-order valence-corrected chi connectivity index (χ0v) is 33.4. The first-order valence-electron chi connectivity index (χ1n) is 20.9. The van der Waals surface area contributed by atoms with Crippen molar-refractivity contribution in [2.24, 2.45) is 23.7 Å². The molecule has 3 heterocycles. The molecule has 0 unspecified atom stereocenters. The molecule has 4 bridgehead atoms. The molecule has 0 amide bonds. The van der Waals surface area contributed by atoms with E-state index in [1.807, 2.05) is 22.7 Å². The van der Waals surface area contributed by atoms with Crippen LogP contribution in [0.5, 0.6) is 0 Å². The topological polar surface area (TPSA) is 38.7 Å². The third-order valence-corrected chi connectivity index (χ3v) is 17.2. The summed E-state index contributed by atoms with van der Waals surface area (Å²) in [5.41, 5.74) is 9.11. The zero-order chi connectivity index (χ0) is 37.7. The molecular weight excluding hydrogens is 743 g/mol. The van der Waals surface area contributed by atoms with Crippen LogP contribution in [0.15, 0.2) is 140 Å². The van der Waals surface area contributed by atoms with Crippen LogP contribution in [0.3, 0.4) is 0 Å². The maximum Gasteiger partial charge on any atom is 0.165 e. The highest BCUT2D eigenvalue weighted by Crippen LogP contribution is 2.70. The van der Waals surface area contributed by atoms with Gasteiger partial charge in [0.2, 0.25) is 0 Å². The molecule has 10 aromatic rings. The standard InChI is InChI=1S/C53H37N3S2/c1-2-11-34-31(10-1)22-23-43-46(34)47-39(16-9-19-42(47)53(43)32-25-29-24-30(27-32)28-33(53)26-29)50-54-51(40-17-7-14-37-35-12-3-5-20-44(35)57-48(37)40)56-52(55-50)41-18-8-15-38-36-13-4-6-21-45(36)58-49(38)41/h1-23,29-30,32-33H,24-28H2. The molecule has 5 aliphatic rings. The zero-order valence-electron chi connectivity index (χ0n) is 31.8. The third-order valence-electron chi connectivity index (χ3n) is 14.7. The minimum Gasteiger partial charge on any atom is -0.208 e. The van der Waals surface area contributed by atoms with Gasteiger partial charge in [0.25, 0.3) is 0 Å². The molecule has 58 heavy (non-hydrogen) atoms. The maximum absolute atomic E-state index is 5.59. The van der Waals surface area contributed by atoms with E-state index in [2.05, 4.69) is 140 Å². The first-order chi connectivity index (χ1) is 28.7.